The van der Waals surface area contributed by atoms with E-state index in [1.165, 1.54) is 0 Å². The van der Waals surface area contributed by atoms with E-state index in [4.69, 9.17) is 5.73 Å². The van der Waals surface area contributed by atoms with Crippen LogP contribution in [-0.2, 0) is 11.2 Å². The number of nitrogens with two attached hydrogens (primary N) is 1. The van der Waals surface area contributed by atoms with Crippen LogP contribution in [0.3, 0.4) is 0 Å². The molecule has 0 saturated carbocycles. The van der Waals surface area contributed by atoms with Gasteiger partial charge in [-0.1, -0.05) is 6.92 Å². The molecule has 1 aliphatic heterocycles. The number of hydrogen-bond acceptors (Lipinski definition) is 4. The van der Waals surface area contributed by atoms with Crippen LogP contribution in [0.5, 0.6) is 0 Å². The second-order valence-corrected chi connectivity index (χ2v) is 6.57. The molecule has 1 aromatic carbocycles. The van der Waals surface area contributed by atoms with E-state index in [9.17, 15) is 4.79 Å². The average Bonchev–Trinajstić information content (AvgIpc) is 2.40. The molecule has 0 bridgehead atoms. The molecule has 1 atom stereocenters. The number of hydrogen-bond donors (Lipinski definition) is 3. The van der Waals surface area contributed by atoms with Crippen molar-refractivity contribution in [2.24, 2.45) is 0 Å². The van der Waals surface area contributed by atoms with Crippen LogP contribution in [-0.4, -0.2) is 23.5 Å². The minimum Gasteiger partial charge on any atom is -0.397 e. The van der Waals surface area contributed by atoms with E-state index in [2.05, 4.69) is 30.5 Å². The summed E-state index contributed by atoms with van der Waals surface area (Å²) in [5, 5.41) is 6.35. The SMILES string of the molecule is CCSCCC(C)Nc1cc2c(cc1N)NC(=O)CC2. The fourth-order valence-electron chi connectivity index (χ4n) is 2.31. The van der Waals surface area contributed by atoms with E-state index in [1.807, 2.05) is 17.8 Å². The summed E-state index contributed by atoms with van der Waals surface area (Å²) in [5.41, 5.74) is 9.77. The predicted molar refractivity (Wildman–Crippen MR) is 88.5 cm³/mol. The summed E-state index contributed by atoms with van der Waals surface area (Å²) < 4.78 is 0. The quantitative estimate of drug-likeness (QED) is 0.557. The number of rotatable bonds is 6. The zero-order valence-corrected chi connectivity index (χ0v) is 13.0. The summed E-state index contributed by atoms with van der Waals surface area (Å²) in [5.74, 6) is 2.39. The highest BCUT2D eigenvalue weighted by molar-refractivity contribution is 7.99. The van der Waals surface area contributed by atoms with Gasteiger partial charge in [-0.2, -0.15) is 11.8 Å². The maximum Gasteiger partial charge on any atom is 0.224 e. The Balaban J connectivity index is 2.03. The van der Waals surface area contributed by atoms with Crippen LogP contribution in [0.1, 0.15) is 32.3 Å². The van der Waals surface area contributed by atoms with Gasteiger partial charge < -0.3 is 16.4 Å². The van der Waals surface area contributed by atoms with Crippen LogP contribution in [0.2, 0.25) is 0 Å². The normalized spacial score (nSPS) is 15.4. The molecule has 0 aromatic heterocycles. The number of aryl methyl sites for hydroxylation is 1. The molecule has 20 heavy (non-hydrogen) atoms. The maximum atomic E-state index is 11.4. The van der Waals surface area contributed by atoms with Crippen molar-refractivity contribution in [1.82, 2.24) is 0 Å². The summed E-state index contributed by atoms with van der Waals surface area (Å²) in [7, 11) is 0. The number of carbonyl (C=O) groups is 1. The van der Waals surface area contributed by atoms with Crippen LogP contribution in [0, 0.1) is 0 Å². The second kappa shape index (κ2) is 6.88. The molecule has 0 spiro atoms. The molecular formula is C15H23N3OS. The van der Waals surface area contributed by atoms with Crippen LogP contribution >= 0.6 is 11.8 Å². The highest BCUT2D eigenvalue weighted by Gasteiger charge is 2.17. The van der Waals surface area contributed by atoms with E-state index in [1.54, 1.807) is 0 Å². The van der Waals surface area contributed by atoms with Crippen molar-refractivity contribution in [2.75, 3.05) is 27.9 Å². The molecule has 1 amide bonds. The zero-order valence-electron chi connectivity index (χ0n) is 12.2. The van der Waals surface area contributed by atoms with E-state index in [-0.39, 0.29) is 5.91 Å². The zero-order chi connectivity index (χ0) is 14.5. The lowest BCUT2D eigenvalue weighted by Gasteiger charge is -2.22. The average molecular weight is 293 g/mol. The third-order valence-corrected chi connectivity index (χ3v) is 4.40. The Morgan fingerprint density at radius 1 is 1.45 bits per heavy atom. The molecule has 1 aliphatic rings. The van der Waals surface area contributed by atoms with E-state index < -0.39 is 0 Å². The largest absolute Gasteiger partial charge is 0.397 e. The molecular weight excluding hydrogens is 270 g/mol. The molecule has 0 saturated heterocycles. The number of amides is 1. The molecule has 2 rings (SSSR count). The van der Waals surface area contributed by atoms with Crippen molar-refractivity contribution in [3.8, 4) is 0 Å². The number of carbonyl (C=O) groups excluding carboxylic acids is 1. The highest BCUT2D eigenvalue weighted by atomic mass is 32.2. The number of benzene rings is 1. The first kappa shape index (κ1) is 15.0. The van der Waals surface area contributed by atoms with E-state index >= 15 is 0 Å². The Labute approximate surface area is 124 Å². The lowest BCUT2D eigenvalue weighted by molar-refractivity contribution is -0.116. The summed E-state index contributed by atoms with van der Waals surface area (Å²) in [6.07, 6.45) is 2.46. The molecule has 0 radical (unpaired) electrons. The Morgan fingerprint density at radius 2 is 2.25 bits per heavy atom. The van der Waals surface area contributed by atoms with Gasteiger partial charge in [-0.25, -0.2) is 0 Å². The summed E-state index contributed by atoms with van der Waals surface area (Å²) in [6.45, 7) is 4.36. The van der Waals surface area contributed by atoms with Crippen LogP contribution in [0.4, 0.5) is 17.1 Å². The number of anilines is 3. The van der Waals surface area contributed by atoms with E-state index in [0.717, 1.165) is 41.3 Å². The third-order valence-electron chi connectivity index (χ3n) is 3.47. The van der Waals surface area contributed by atoms with Crippen molar-refractivity contribution in [1.29, 1.82) is 0 Å². The Hall–Kier alpha value is -1.36. The van der Waals surface area contributed by atoms with Crippen molar-refractivity contribution in [3.05, 3.63) is 17.7 Å². The van der Waals surface area contributed by atoms with Gasteiger partial charge >= 0.3 is 0 Å². The topological polar surface area (TPSA) is 67.2 Å². The van der Waals surface area contributed by atoms with Crippen LogP contribution in [0.25, 0.3) is 0 Å². The lowest BCUT2D eigenvalue weighted by Crippen LogP contribution is -2.21. The Kier molecular flexibility index (Phi) is 5.17. The van der Waals surface area contributed by atoms with Gasteiger partial charge in [0.1, 0.15) is 0 Å². The first-order valence-corrected chi connectivity index (χ1v) is 8.32. The van der Waals surface area contributed by atoms with E-state index in [0.29, 0.717) is 18.2 Å². The van der Waals surface area contributed by atoms with Gasteiger partial charge in [0.2, 0.25) is 5.91 Å². The van der Waals surface area contributed by atoms with Gasteiger partial charge in [-0.05, 0) is 49.0 Å². The maximum absolute atomic E-state index is 11.4. The minimum atomic E-state index is 0.0718. The highest BCUT2D eigenvalue weighted by Crippen LogP contribution is 2.31. The molecule has 4 nitrogen and oxygen atoms in total. The smallest absolute Gasteiger partial charge is 0.224 e. The van der Waals surface area contributed by atoms with Crippen molar-refractivity contribution in [3.63, 3.8) is 0 Å². The second-order valence-electron chi connectivity index (χ2n) is 5.18. The van der Waals surface area contributed by atoms with Gasteiger partial charge in [-0.15, -0.1) is 0 Å². The molecule has 110 valence electrons. The first-order chi connectivity index (χ1) is 9.60. The minimum absolute atomic E-state index is 0.0718. The lowest BCUT2D eigenvalue weighted by atomic mass is 10.0. The molecule has 1 unspecified atom stereocenters. The molecule has 5 heteroatoms. The number of thioether (sulfide) groups is 1. The number of fused-ring (bicyclic) bond motifs is 1. The van der Waals surface area contributed by atoms with Gasteiger partial charge in [0, 0.05) is 18.2 Å². The van der Waals surface area contributed by atoms with Gasteiger partial charge in [-0.3, -0.25) is 4.79 Å². The first-order valence-electron chi connectivity index (χ1n) is 7.16. The fraction of sp³-hybridized carbons (Fsp3) is 0.533. The monoisotopic (exact) mass is 293 g/mol. The summed E-state index contributed by atoms with van der Waals surface area (Å²) in [6, 6.07) is 4.34. The number of nitrogen functional groups attached to an aromatic ring is 1. The molecule has 1 heterocycles. The van der Waals surface area contributed by atoms with Crippen LogP contribution in [0.15, 0.2) is 12.1 Å². The molecule has 1 aromatic rings. The van der Waals surface area contributed by atoms with Gasteiger partial charge in [0.25, 0.3) is 0 Å². The van der Waals surface area contributed by atoms with Gasteiger partial charge in [0.15, 0.2) is 0 Å². The van der Waals surface area contributed by atoms with Crippen molar-refractivity contribution >= 4 is 34.7 Å². The molecule has 0 aliphatic carbocycles. The predicted octanol–water partition coefficient (Wildman–Crippen LogP) is 3.10. The summed E-state index contributed by atoms with van der Waals surface area (Å²) in [4.78, 5) is 11.4. The van der Waals surface area contributed by atoms with Crippen molar-refractivity contribution < 1.29 is 4.79 Å². The van der Waals surface area contributed by atoms with Crippen molar-refractivity contribution in [2.45, 2.75) is 39.2 Å². The van der Waals surface area contributed by atoms with Gasteiger partial charge in [0.05, 0.1) is 11.4 Å². The molecule has 0 fully saturated rings. The van der Waals surface area contributed by atoms with Crippen LogP contribution < -0.4 is 16.4 Å². The molecule has 4 N–H and O–H groups in total. The Morgan fingerprint density at radius 3 is 3.00 bits per heavy atom. The summed E-state index contributed by atoms with van der Waals surface area (Å²) >= 11 is 1.96. The third kappa shape index (κ3) is 3.82. The number of nitrogens with one attached hydrogen (secondary N) is 2. The Bertz CT molecular complexity index is 490. The standard InChI is InChI=1S/C15H23N3OS/c1-3-20-7-6-10(2)17-14-8-11-4-5-15(19)18-13(11)9-12(14)16/h8-10,17H,3-7,16H2,1-2H3,(H,18,19). The fourth-order valence-corrected chi connectivity index (χ4v) is 3.12.